The fourth-order valence-electron chi connectivity index (χ4n) is 2.08. The Kier molecular flexibility index (Phi) is 4.40. The number of benzene rings is 1. The lowest BCUT2D eigenvalue weighted by Crippen LogP contribution is -2.19. The smallest absolute Gasteiger partial charge is 0.256 e. The molecular formula is C15H19N3O2. The summed E-state index contributed by atoms with van der Waals surface area (Å²) in [7, 11) is 1.63. The summed E-state index contributed by atoms with van der Waals surface area (Å²) in [6, 6.07) is 7.63. The molecule has 0 unspecified atom stereocenters. The number of hydrogen-bond donors (Lipinski definition) is 2. The van der Waals surface area contributed by atoms with Crippen molar-refractivity contribution in [3.8, 4) is 5.75 Å². The van der Waals surface area contributed by atoms with Gasteiger partial charge in [0.25, 0.3) is 5.56 Å². The zero-order valence-electron chi connectivity index (χ0n) is 11.8. The number of aromatic amines is 1. The molecule has 106 valence electrons. The molecule has 0 saturated carbocycles. The van der Waals surface area contributed by atoms with Crippen LogP contribution < -0.4 is 16.0 Å². The predicted molar refractivity (Wildman–Crippen MR) is 79.1 cm³/mol. The second-order valence-electron chi connectivity index (χ2n) is 4.65. The molecule has 1 aromatic heterocycles. The van der Waals surface area contributed by atoms with Crippen molar-refractivity contribution in [1.29, 1.82) is 0 Å². The maximum absolute atomic E-state index is 11.9. The molecule has 20 heavy (non-hydrogen) atoms. The summed E-state index contributed by atoms with van der Waals surface area (Å²) in [6.45, 7) is 2.00. The van der Waals surface area contributed by atoms with E-state index in [1.54, 1.807) is 7.11 Å². The molecule has 0 aliphatic rings. The molecule has 1 heterocycles. The maximum atomic E-state index is 11.9. The van der Waals surface area contributed by atoms with Crippen molar-refractivity contribution in [3.05, 3.63) is 51.6 Å². The minimum atomic E-state index is -0.136. The summed E-state index contributed by atoms with van der Waals surface area (Å²) in [4.78, 5) is 19.0. The molecule has 0 amide bonds. The van der Waals surface area contributed by atoms with Crippen molar-refractivity contribution in [3.63, 3.8) is 0 Å². The number of methoxy groups -OCH3 is 1. The minimum Gasteiger partial charge on any atom is -0.497 e. The van der Waals surface area contributed by atoms with E-state index in [4.69, 9.17) is 10.5 Å². The Hall–Kier alpha value is -2.30. The first kappa shape index (κ1) is 14.1. The lowest BCUT2D eigenvalue weighted by Gasteiger charge is -2.07. The van der Waals surface area contributed by atoms with Gasteiger partial charge in [-0.1, -0.05) is 25.5 Å². The molecule has 0 fully saturated rings. The number of nitrogens with two attached hydrogens (primary N) is 1. The van der Waals surface area contributed by atoms with Gasteiger partial charge in [0, 0.05) is 6.42 Å². The largest absolute Gasteiger partial charge is 0.497 e. The number of hydrogen-bond acceptors (Lipinski definition) is 4. The van der Waals surface area contributed by atoms with Crippen molar-refractivity contribution >= 4 is 5.82 Å². The summed E-state index contributed by atoms with van der Waals surface area (Å²) in [5, 5.41) is 0. The first-order valence-electron chi connectivity index (χ1n) is 6.64. The van der Waals surface area contributed by atoms with Crippen molar-refractivity contribution < 1.29 is 4.74 Å². The molecule has 0 spiro atoms. The summed E-state index contributed by atoms with van der Waals surface area (Å²) in [6.07, 6.45) is 2.06. The van der Waals surface area contributed by atoms with Gasteiger partial charge in [-0.15, -0.1) is 0 Å². The molecule has 2 aromatic rings. The summed E-state index contributed by atoms with van der Waals surface area (Å²) in [5.41, 5.74) is 7.33. The lowest BCUT2D eigenvalue weighted by molar-refractivity contribution is 0.414. The van der Waals surface area contributed by atoms with Crippen LogP contribution in [0.25, 0.3) is 0 Å². The van der Waals surface area contributed by atoms with Crippen LogP contribution in [0.1, 0.15) is 30.3 Å². The third kappa shape index (κ3) is 3.17. The van der Waals surface area contributed by atoms with Crippen molar-refractivity contribution in [2.75, 3.05) is 12.8 Å². The Morgan fingerprint density at radius 2 is 2.00 bits per heavy atom. The zero-order chi connectivity index (χ0) is 14.5. The van der Waals surface area contributed by atoms with Crippen LogP contribution in [0.3, 0.4) is 0 Å². The standard InChI is InChI=1S/C15H19N3O2/c1-3-4-12-14(16)17-13(18-15(12)19)9-10-5-7-11(20-2)8-6-10/h5-8H,3-4,9H2,1-2H3,(H3,16,17,18,19). The summed E-state index contributed by atoms with van der Waals surface area (Å²) >= 11 is 0. The molecule has 5 nitrogen and oxygen atoms in total. The van der Waals surface area contributed by atoms with E-state index in [0.717, 1.165) is 17.7 Å². The van der Waals surface area contributed by atoms with Gasteiger partial charge in [0.2, 0.25) is 0 Å². The Bertz CT molecular complexity index is 633. The van der Waals surface area contributed by atoms with Gasteiger partial charge in [0.05, 0.1) is 12.7 Å². The first-order chi connectivity index (χ1) is 9.63. The van der Waals surface area contributed by atoms with Gasteiger partial charge in [-0.25, -0.2) is 4.98 Å². The zero-order valence-corrected chi connectivity index (χ0v) is 11.8. The van der Waals surface area contributed by atoms with Gasteiger partial charge < -0.3 is 15.5 Å². The molecule has 3 N–H and O–H groups in total. The summed E-state index contributed by atoms with van der Waals surface area (Å²) < 4.78 is 5.11. The highest BCUT2D eigenvalue weighted by Gasteiger charge is 2.08. The van der Waals surface area contributed by atoms with E-state index in [9.17, 15) is 4.79 Å². The number of anilines is 1. The van der Waals surface area contributed by atoms with Crippen LogP contribution in [0.4, 0.5) is 5.82 Å². The van der Waals surface area contributed by atoms with Crippen LogP contribution in [-0.4, -0.2) is 17.1 Å². The molecule has 0 radical (unpaired) electrons. The van der Waals surface area contributed by atoms with Gasteiger partial charge in [0.15, 0.2) is 0 Å². The van der Waals surface area contributed by atoms with E-state index in [1.165, 1.54) is 0 Å². The van der Waals surface area contributed by atoms with Crippen LogP contribution >= 0.6 is 0 Å². The van der Waals surface area contributed by atoms with Gasteiger partial charge in [0.1, 0.15) is 17.4 Å². The maximum Gasteiger partial charge on any atom is 0.256 e. The average Bonchev–Trinajstić information content (AvgIpc) is 2.44. The van der Waals surface area contributed by atoms with Crippen LogP contribution in [0.15, 0.2) is 29.1 Å². The number of nitrogens with one attached hydrogen (secondary N) is 1. The third-order valence-corrected chi connectivity index (χ3v) is 3.13. The average molecular weight is 273 g/mol. The molecular weight excluding hydrogens is 254 g/mol. The number of nitrogen functional groups attached to an aromatic ring is 1. The number of nitrogens with zero attached hydrogens (tertiary/aromatic N) is 1. The highest BCUT2D eigenvalue weighted by molar-refractivity contribution is 5.38. The van der Waals surface area contributed by atoms with Crippen LogP contribution in [0.2, 0.25) is 0 Å². The van der Waals surface area contributed by atoms with Crippen molar-refractivity contribution in [2.24, 2.45) is 0 Å². The molecule has 0 bridgehead atoms. The Morgan fingerprint density at radius 1 is 1.30 bits per heavy atom. The first-order valence-corrected chi connectivity index (χ1v) is 6.64. The van der Waals surface area contributed by atoms with E-state index in [-0.39, 0.29) is 5.56 Å². The van der Waals surface area contributed by atoms with Gasteiger partial charge in [-0.05, 0) is 24.1 Å². The van der Waals surface area contributed by atoms with E-state index >= 15 is 0 Å². The molecule has 0 aliphatic heterocycles. The Morgan fingerprint density at radius 3 is 2.55 bits per heavy atom. The molecule has 0 atom stereocenters. The van der Waals surface area contributed by atoms with Crippen molar-refractivity contribution in [1.82, 2.24) is 9.97 Å². The van der Waals surface area contributed by atoms with Crippen LogP contribution in [0, 0.1) is 0 Å². The molecule has 2 rings (SSSR count). The van der Waals surface area contributed by atoms with Gasteiger partial charge in [-0.3, -0.25) is 4.79 Å². The number of aromatic nitrogens is 2. The topological polar surface area (TPSA) is 81.0 Å². The van der Waals surface area contributed by atoms with E-state index in [1.807, 2.05) is 31.2 Å². The van der Waals surface area contributed by atoms with E-state index < -0.39 is 0 Å². The Balaban J connectivity index is 2.23. The SMILES string of the molecule is CCCc1c(N)nc(Cc2ccc(OC)cc2)[nH]c1=O. The van der Waals surface area contributed by atoms with E-state index in [2.05, 4.69) is 9.97 Å². The predicted octanol–water partition coefficient (Wildman–Crippen LogP) is 1.90. The third-order valence-electron chi connectivity index (χ3n) is 3.13. The van der Waals surface area contributed by atoms with Gasteiger partial charge >= 0.3 is 0 Å². The normalized spacial score (nSPS) is 10.5. The highest BCUT2D eigenvalue weighted by Crippen LogP contribution is 2.14. The number of rotatable bonds is 5. The lowest BCUT2D eigenvalue weighted by atomic mass is 10.1. The second-order valence-corrected chi connectivity index (χ2v) is 4.65. The van der Waals surface area contributed by atoms with Crippen LogP contribution in [0.5, 0.6) is 5.75 Å². The van der Waals surface area contributed by atoms with Crippen molar-refractivity contribution in [2.45, 2.75) is 26.2 Å². The molecule has 5 heteroatoms. The van der Waals surface area contributed by atoms with Crippen LogP contribution in [-0.2, 0) is 12.8 Å². The number of ether oxygens (including phenoxy) is 1. The van der Waals surface area contributed by atoms with Gasteiger partial charge in [-0.2, -0.15) is 0 Å². The fraction of sp³-hybridized carbons (Fsp3) is 0.333. The monoisotopic (exact) mass is 273 g/mol. The quantitative estimate of drug-likeness (QED) is 0.872. The molecule has 1 aromatic carbocycles. The van der Waals surface area contributed by atoms with E-state index in [0.29, 0.717) is 30.0 Å². The second kappa shape index (κ2) is 6.23. The molecule has 0 aliphatic carbocycles. The highest BCUT2D eigenvalue weighted by atomic mass is 16.5. The number of H-pyrrole nitrogens is 1. The fourth-order valence-corrected chi connectivity index (χ4v) is 2.08. The molecule has 0 saturated heterocycles. The minimum absolute atomic E-state index is 0.136. The summed E-state index contributed by atoms with van der Waals surface area (Å²) in [5.74, 6) is 1.71. The Labute approximate surface area is 117 Å².